The van der Waals surface area contributed by atoms with E-state index >= 15 is 0 Å². The summed E-state index contributed by atoms with van der Waals surface area (Å²) in [6.07, 6.45) is 7.67. The summed E-state index contributed by atoms with van der Waals surface area (Å²) in [5.41, 5.74) is 3.69. The molecule has 3 N–H and O–H groups in total. The van der Waals surface area contributed by atoms with E-state index in [2.05, 4.69) is 23.8 Å². The van der Waals surface area contributed by atoms with Gasteiger partial charge in [-0.2, -0.15) is 0 Å². The van der Waals surface area contributed by atoms with Crippen LogP contribution in [0.25, 0.3) is 0 Å². The van der Waals surface area contributed by atoms with Crippen molar-refractivity contribution in [1.82, 2.24) is 10.2 Å². The number of carbonyl (C=O) groups is 2. The number of hydrogen-bond donors (Lipinski definition) is 3. The van der Waals surface area contributed by atoms with Crippen molar-refractivity contribution in [3.8, 4) is 5.75 Å². The number of ether oxygens (including phenoxy) is 1. The monoisotopic (exact) mass is 451 g/mol. The second-order valence-electron chi connectivity index (χ2n) is 9.01. The summed E-state index contributed by atoms with van der Waals surface area (Å²) in [5, 5.41) is 15.8. The number of likely N-dealkylation sites (tertiary alicyclic amines) is 1. The lowest BCUT2D eigenvalue weighted by Crippen LogP contribution is -2.42. The molecular weight excluding hydrogens is 418 g/mol. The lowest BCUT2D eigenvalue weighted by Gasteiger charge is -2.31. The van der Waals surface area contributed by atoms with Crippen LogP contribution < -0.4 is 15.4 Å². The van der Waals surface area contributed by atoms with Gasteiger partial charge < -0.3 is 25.4 Å². The Labute approximate surface area is 195 Å². The van der Waals surface area contributed by atoms with Crippen molar-refractivity contribution in [1.29, 1.82) is 0 Å². The predicted molar refractivity (Wildman–Crippen MR) is 128 cm³/mol. The third-order valence-corrected chi connectivity index (χ3v) is 6.52. The zero-order chi connectivity index (χ0) is 23.4. The van der Waals surface area contributed by atoms with Gasteiger partial charge in [-0.05, 0) is 68.0 Å². The zero-order valence-corrected chi connectivity index (χ0v) is 19.0. The minimum absolute atomic E-state index is 0.120. The molecule has 0 radical (unpaired) electrons. The Hall–Kier alpha value is -2.90. The first kappa shape index (κ1) is 23.3. The maximum absolute atomic E-state index is 12.6. The molecule has 3 aliphatic heterocycles. The number of carbonyl (C=O) groups excluding carboxylic acids is 2. The third kappa shape index (κ3) is 5.54. The second-order valence-corrected chi connectivity index (χ2v) is 9.01. The Balaban J connectivity index is 0.000000219. The number of amides is 2. The largest absolute Gasteiger partial charge is 0.478 e. The van der Waals surface area contributed by atoms with Crippen LogP contribution in [0.5, 0.6) is 5.75 Å². The van der Waals surface area contributed by atoms with Gasteiger partial charge in [-0.25, -0.2) is 0 Å². The zero-order valence-electron chi connectivity index (χ0n) is 19.0. The number of benzene rings is 1. The Morgan fingerprint density at radius 1 is 1.18 bits per heavy atom. The SMILES string of the molecule is C=CC1=C(C=C)CNCC1.O=C1Nc2cc(C(=O)N3CCCC(O)C3)ccc2OC1C1CC1. The Bertz CT molecular complexity index is 946. The van der Waals surface area contributed by atoms with Gasteiger partial charge in [0, 0.05) is 31.1 Å². The molecule has 1 aromatic rings. The summed E-state index contributed by atoms with van der Waals surface area (Å²) in [6, 6.07) is 5.14. The van der Waals surface area contributed by atoms with Gasteiger partial charge in [0.15, 0.2) is 6.10 Å². The number of anilines is 1. The number of rotatable bonds is 4. The second kappa shape index (κ2) is 10.4. The van der Waals surface area contributed by atoms with E-state index in [1.807, 2.05) is 12.2 Å². The molecule has 1 aliphatic carbocycles. The number of allylic oxidation sites excluding steroid dienone is 1. The minimum Gasteiger partial charge on any atom is -0.478 e. The summed E-state index contributed by atoms with van der Waals surface area (Å²) in [4.78, 5) is 26.3. The summed E-state index contributed by atoms with van der Waals surface area (Å²) < 4.78 is 5.79. The van der Waals surface area contributed by atoms with E-state index in [9.17, 15) is 14.7 Å². The molecule has 1 aromatic carbocycles. The summed E-state index contributed by atoms with van der Waals surface area (Å²) in [5.74, 6) is 0.694. The van der Waals surface area contributed by atoms with E-state index in [1.54, 1.807) is 23.1 Å². The fourth-order valence-corrected chi connectivity index (χ4v) is 4.45. The van der Waals surface area contributed by atoms with Gasteiger partial charge in [-0.3, -0.25) is 9.59 Å². The molecule has 1 saturated heterocycles. The number of β-amino-alcohol motifs (C(OH)–C–C–N with tert-alkyl or cyclic N) is 1. The highest BCUT2D eigenvalue weighted by Gasteiger charge is 2.41. The van der Waals surface area contributed by atoms with E-state index in [4.69, 9.17) is 4.74 Å². The Morgan fingerprint density at radius 3 is 2.64 bits per heavy atom. The molecule has 0 spiro atoms. The highest BCUT2D eigenvalue weighted by Crippen LogP contribution is 2.40. The van der Waals surface area contributed by atoms with E-state index in [-0.39, 0.29) is 11.8 Å². The van der Waals surface area contributed by atoms with Crippen LogP contribution in [-0.2, 0) is 4.79 Å². The highest BCUT2D eigenvalue weighted by molar-refractivity contribution is 6.01. The normalized spacial score (nSPS) is 24.5. The standard InChI is InChI=1S/C17H20N2O4.C9H13N/c20-12-2-1-7-19(9-12)17(22)11-5-6-14-13(8-11)18-16(21)15(23-14)10-3-4-10;1-3-8-5-6-10-7-9(8)4-2/h5-6,8,10,12,15,20H,1-4,7,9H2,(H,18,21);3-4,10H,1-2,5-7H2. The van der Waals surface area contributed by atoms with Crippen LogP contribution in [0.3, 0.4) is 0 Å². The summed E-state index contributed by atoms with van der Waals surface area (Å²) >= 11 is 0. The van der Waals surface area contributed by atoms with E-state index in [0.29, 0.717) is 36.0 Å². The number of hydrogen-bond acceptors (Lipinski definition) is 5. The van der Waals surface area contributed by atoms with Crippen LogP contribution >= 0.6 is 0 Å². The van der Waals surface area contributed by atoms with Gasteiger partial charge in [-0.1, -0.05) is 25.3 Å². The maximum Gasteiger partial charge on any atom is 0.265 e. The smallest absolute Gasteiger partial charge is 0.265 e. The van der Waals surface area contributed by atoms with Crippen molar-refractivity contribution in [3.05, 3.63) is 60.2 Å². The van der Waals surface area contributed by atoms with Gasteiger partial charge in [0.25, 0.3) is 11.8 Å². The predicted octanol–water partition coefficient (Wildman–Crippen LogP) is 3.04. The molecule has 1 saturated carbocycles. The molecule has 3 heterocycles. The van der Waals surface area contributed by atoms with Crippen LogP contribution in [0.2, 0.25) is 0 Å². The molecule has 2 unspecified atom stereocenters. The minimum atomic E-state index is -0.451. The van der Waals surface area contributed by atoms with E-state index < -0.39 is 12.2 Å². The van der Waals surface area contributed by atoms with E-state index in [1.165, 1.54) is 11.1 Å². The average Bonchev–Trinajstić information content (AvgIpc) is 3.68. The topological polar surface area (TPSA) is 90.9 Å². The molecule has 176 valence electrons. The lowest BCUT2D eigenvalue weighted by molar-refractivity contribution is -0.124. The molecular formula is C26H33N3O4. The van der Waals surface area contributed by atoms with Crippen molar-refractivity contribution >= 4 is 17.5 Å². The molecule has 5 rings (SSSR count). The van der Waals surface area contributed by atoms with Gasteiger partial charge in [0.2, 0.25) is 0 Å². The highest BCUT2D eigenvalue weighted by atomic mass is 16.5. The lowest BCUT2D eigenvalue weighted by atomic mass is 10.0. The van der Waals surface area contributed by atoms with Crippen molar-refractivity contribution in [2.75, 3.05) is 31.5 Å². The molecule has 4 aliphatic rings. The first-order valence-corrected chi connectivity index (χ1v) is 11.8. The van der Waals surface area contributed by atoms with Crippen LogP contribution in [0.4, 0.5) is 5.69 Å². The Morgan fingerprint density at radius 2 is 1.97 bits per heavy atom. The fraction of sp³-hybridized carbons (Fsp3) is 0.462. The molecule has 0 bridgehead atoms. The maximum atomic E-state index is 12.6. The van der Waals surface area contributed by atoms with Crippen LogP contribution in [0.15, 0.2) is 54.7 Å². The Kier molecular flexibility index (Phi) is 7.30. The van der Waals surface area contributed by atoms with Gasteiger partial charge >= 0.3 is 0 Å². The van der Waals surface area contributed by atoms with Crippen molar-refractivity contribution in [3.63, 3.8) is 0 Å². The first-order chi connectivity index (χ1) is 16.0. The molecule has 33 heavy (non-hydrogen) atoms. The van der Waals surface area contributed by atoms with Crippen molar-refractivity contribution < 1.29 is 19.4 Å². The number of aliphatic hydroxyl groups is 1. The van der Waals surface area contributed by atoms with Crippen molar-refractivity contribution in [2.45, 2.75) is 44.3 Å². The molecule has 0 aromatic heterocycles. The van der Waals surface area contributed by atoms with Crippen LogP contribution in [-0.4, -0.2) is 60.2 Å². The average molecular weight is 452 g/mol. The van der Waals surface area contributed by atoms with E-state index in [0.717, 1.165) is 45.2 Å². The summed E-state index contributed by atoms with van der Waals surface area (Å²) in [6.45, 7) is 10.5. The van der Waals surface area contributed by atoms with Gasteiger partial charge in [0.1, 0.15) is 5.75 Å². The third-order valence-electron chi connectivity index (χ3n) is 6.52. The number of aliphatic hydroxyl groups excluding tert-OH is 1. The van der Waals surface area contributed by atoms with Crippen molar-refractivity contribution in [2.24, 2.45) is 5.92 Å². The molecule has 2 atom stereocenters. The van der Waals surface area contributed by atoms with Crippen LogP contribution in [0, 0.1) is 5.92 Å². The molecule has 7 heteroatoms. The van der Waals surface area contributed by atoms with Crippen LogP contribution in [0.1, 0.15) is 42.5 Å². The molecule has 7 nitrogen and oxygen atoms in total. The number of piperidine rings is 1. The number of fused-ring (bicyclic) bond motifs is 1. The molecule has 2 amide bonds. The van der Waals surface area contributed by atoms with Gasteiger partial charge in [-0.15, -0.1) is 0 Å². The summed E-state index contributed by atoms with van der Waals surface area (Å²) in [7, 11) is 0. The van der Waals surface area contributed by atoms with Gasteiger partial charge in [0.05, 0.1) is 11.8 Å². The molecule has 2 fully saturated rings. The number of nitrogens with zero attached hydrogens (tertiary/aromatic N) is 1. The first-order valence-electron chi connectivity index (χ1n) is 11.8. The quantitative estimate of drug-likeness (QED) is 0.655. The number of nitrogens with one attached hydrogen (secondary N) is 2. The fourth-order valence-electron chi connectivity index (χ4n) is 4.45.